The monoisotopic (exact) mass is 530 g/mol. The minimum absolute atomic E-state index is 0. The molecule has 1 saturated heterocycles. The molecule has 1 aromatic rings. The van der Waals surface area contributed by atoms with E-state index in [2.05, 4.69) is 59.7 Å². The summed E-state index contributed by atoms with van der Waals surface area (Å²) in [4.78, 5) is 6.76. The van der Waals surface area contributed by atoms with Gasteiger partial charge in [-0.2, -0.15) is 0 Å². The van der Waals surface area contributed by atoms with E-state index in [1.165, 1.54) is 36.8 Å². The second-order valence-corrected chi connectivity index (χ2v) is 8.65. The van der Waals surface area contributed by atoms with Gasteiger partial charge in [0.15, 0.2) is 5.96 Å². The first kappa shape index (κ1) is 25.2. The fourth-order valence-electron chi connectivity index (χ4n) is 4.28. The Morgan fingerprint density at radius 1 is 1.20 bits per heavy atom. The zero-order valence-electron chi connectivity index (χ0n) is 19.0. The van der Waals surface area contributed by atoms with Crippen molar-refractivity contribution in [1.29, 1.82) is 0 Å². The summed E-state index contributed by atoms with van der Waals surface area (Å²) >= 11 is 0. The molecular weight excluding hydrogens is 491 g/mol. The lowest BCUT2D eigenvalue weighted by Gasteiger charge is -2.43. The largest absolute Gasteiger partial charge is 0.490 e. The highest BCUT2D eigenvalue weighted by Gasteiger charge is 2.34. The maximum Gasteiger partial charge on any atom is 0.191 e. The summed E-state index contributed by atoms with van der Waals surface area (Å²) in [6.45, 7) is 5.30. The van der Waals surface area contributed by atoms with Crippen LogP contribution in [0.2, 0.25) is 0 Å². The van der Waals surface area contributed by atoms with E-state index in [-0.39, 0.29) is 29.5 Å². The normalized spacial score (nSPS) is 19.4. The van der Waals surface area contributed by atoms with Crippen molar-refractivity contribution in [1.82, 2.24) is 15.5 Å². The van der Waals surface area contributed by atoms with Gasteiger partial charge in [0, 0.05) is 44.5 Å². The van der Waals surface area contributed by atoms with E-state index < -0.39 is 0 Å². The first-order valence-electron chi connectivity index (χ1n) is 11.0. The number of nitrogens with one attached hydrogen (secondary N) is 2. The highest BCUT2D eigenvalue weighted by atomic mass is 127. The molecule has 1 aliphatic carbocycles. The van der Waals surface area contributed by atoms with Crippen LogP contribution in [0, 0.1) is 6.92 Å². The van der Waals surface area contributed by atoms with Crippen molar-refractivity contribution in [3.05, 3.63) is 29.3 Å². The number of hydrogen-bond donors (Lipinski definition) is 2. The summed E-state index contributed by atoms with van der Waals surface area (Å²) in [7, 11) is 6.14. The van der Waals surface area contributed by atoms with Gasteiger partial charge in [0.1, 0.15) is 5.75 Å². The van der Waals surface area contributed by atoms with E-state index in [0.29, 0.717) is 12.6 Å². The summed E-state index contributed by atoms with van der Waals surface area (Å²) in [5.74, 6) is 1.83. The molecule has 0 radical (unpaired) electrons. The molecule has 6 nitrogen and oxygen atoms in total. The first-order chi connectivity index (χ1) is 14.0. The van der Waals surface area contributed by atoms with Crippen molar-refractivity contribution in [2.24, 2.45) is 4.99 Å². The van der Waals surface area contributed by atoms with E-state index in [9.17, 15) is 0 Å². The molecule has 30 heavy (non-hydrogen) atoms. The van der Waals surface area contributed by atoms with E-state index in [1.54, 1.807) is 0 Å². The number of ether oxygens (including phenoxy) is 2. The molecule has 0 spiro atoms. The van der Waals surface area contributed by atoms with Crippen LogP contribution in [0.5, 0.6) is 5.75 Å². The summed E-state index contributed by atoms with van der Waals surface area (Å²) in [5.41, 5.74) is 2.52. The van der Waals surface area contributed by atoms with Crippen molar-refractivity contribution >= 4 is 29.9 Å². The Hall–Kier alpha value is -1.06. The molecule has 0 amide bonds. The lowest BCUT2D eigenvalue weighted by molar-refractivity contribution is -0.00501. The molecule has 2 aliphatic rings. The summed E-state index contributed by atoms with van der Waals surface area (Å²) in [6.07, 6.45) is 7.31. The molecule has 0 atom stereocenters. The van der Waals surface area contributed by atoms with E-state index in [4.69, 9.17) is 9.47 Å². The summed E-state index contributed by atoms with van der Waals surface area (Å²) in [6, 6.07) is 6.48. The van der Waals surface area contributed by atoms with Crippen LogP contribution in [0.3, 0.4) is 0 Å². The van der Waals surface area contributed by atoms with Crippen molar-refractivity contribution in [2.75, 3.05) is 40.9 Å². The predicted octanol–water partition coefficient (Wildman–Crippen LogP) is 3.71. The second-order valence-electron chi connectivity index (χ2n) is 8.65. The highest BCUT2D eigenvalue weighted by molar-refractivity contribution is 14.0. The minimum Gasteiger partial charge on any atom is -0.490 e. The molecule has 2 N–H and O–H groups in total. The van der Waals surface area contributed by atoms with Crippen LogP contribution in [0.15, 0.2) is 23.2 Å². The Kier molecular flexibility index (Phi) is 10.2. The molecule has 0 bridgehead atoms. The third-order valence-electron chi connectivity index (χ3n) is 6.45. The lowest BCUT2D eigenvalue weighted by atomic mass is 9.88. The van der Waals surface area contributed by atoms with E-state index >= 15 is 0 Å². The molecule has 1 heterocycles. The number of benzene rings is 1. The number of likely N-dealkylation sites (N-methyl/N-ethyl adjacent to an activating group) is 1. The molecular formula is C23H39IN4O2. The summed E-state index contributed by atoms with van der Waals surface area (Å²) < 4.78 is 11.9. The number of halogens is 1. The van der Waals surface area contributed by atoms with Gasteiger partial charge in [-0.3, -0.25) is 4.99 Å². The fourth-order valence-corrected chi connectivity index (χ4v) is 4.28. The zero-order valence-corrected chi connectivity index (χ0v) is 21.3. The van der Waals surface area contributed by atoms with Crippen LogP contribution in [0.25, 0.3) is 0 Å². The van der Waals surface area contributed by atoms with Gasteiger partial charge in [-0.25, -0.2) is 0 Å². The maximum atomic E-state index is 6.34. The van der Waals surface area contributed by atoms with Gasteiger partial charge in [-0.05, 0) is 71.2 Å². The third-order valence-corrected chi connectivity index (χ3v) is 6.45. The molecule has 1 saturated carbocycles. The van der Waals surface area contributed by atoms with Crippen LogP contribution in [-0.2, 0) is 11.3 Å². The van der Waals surface area contributed by atoms with E-state index in [1.807, 2.05) is 7.05 Å². The molecule has 0 unspecified atom stereocenters. The molecule has 1 aromatic carbocycles. The van der Waals surface area contributed by atoms with Crippen LogP contribution < -0.4 is 15.4 Å². The van der Waals surface area contributed by atoms with Crippen molar-refractivity contribution in [3.8, 4) is 5.75 Å². The molecule has 170 valence electrons. The number of rotatable bonds is 7. The summed E-state index contributed by atoms with van der Waals surface area (Å²) in [5, 5.41) is 7.01. The Morgan fingerprint density at radius 2 is 1.90 bits per heavy atom. The molecule has 7 heteroatoms. The average Bonchev–Trinajstić information content (AvgIpc) is 3.23. The van der Waals surface area contributed by atoms with Gasteiger partial charge in [-0.15, -0.1) is 24.0 Å². The van der Waals surface area contributed by atoms with Crippen molar-refractivity contribution < 1.29 is 9.47 Å². The zero-order chi connectivity index (χ0) is 20.7. The van der Waals surface area contributed by atoms with Crippen LogP contribution in [0.4, 0.5) is 0 Å². The Labute approximate surface area is 199 Å². The third kappa shape index (κ3) is 6.72. The minimum atomic E-state index is 0. The number of aliphatic imine (C=N–C) groups is 1. The quantitative estimate of drug-likeness (QED) is 0.320. The first-order valence-corrected chi connectivity index (χ1v) is 11.0. The van der Waals surface area contributed by atoms with Crippen molar-refractivity contribution in [3.63, 3.8) is 0 Å². The SMILES string of the molecule is CN=C(NCc1ccc(C)cc1OC1CCCC1)NCC1(N(C)C)CCOCC1.I. The van der Waals surface area contributed by atoms with Gasteiger partial charge >= 0.3 is 0 Å². The predicted molar refractivity (Wildman–Crippen MR) is 134 cm³/mol. The Balaban J connectivity index is 0.00000320. The smallest absolute Gasteiger partial charge is 0.191 e. The van der Waals surface area contributed by atoms with E-state index in [0.717, 1.165) is 44.3 Å². The average molecular weight is 530 g/mol. The van der Waals surface area contributed by atoms with Crippen molar-refractivity contribution in [2.45, 2.75) is 63.6 Å². The second kappa shape index (κ2) is 12.1. The van der Waals surface area contributed by atoms with Gasteiger partial charge in [-0.1, -0.05) is 12.1 Å². The number of aryl methyl sites for hydroxylation is 1. The number of nitrogens with zero attached hydrogens (tertiary/aromatic N) is 2. The molecule has 0 aromatic heterocycles. The van der Waals surface area contributed by atoms with Crippen LogP contribution >= 0.6 is 24.0 Å². The molecule has 1 aliphatic heterocycles. The van der Waals surface area contributed by atoms with Gasteiger partial charge < -0.3 is 25.0 Å². The topological polar surface area (TPSA) is 58.1 Å². The standard InChI is InChI=1S/C23H38N4O2.HI/c1-18-9-10-19(21(15-18)29-20-7-5-6-8-20)16-25-22(24-2)26-17-23(27(3)4)11-13-28-14-12-23;/h9-10,15,20H,5-8,11-14,16-17H2,1-4H3,(H2,24,25,26);1H. The van der Waals surface area contributed by atoms with Crippen LogP contribution in [-0.4, -0.2) is 63.4 Å². The lowest BCUT2D eigenvalue weighted by Crippen LogP contribution is -2.57. The number of hydrogen-bond acceptors (Lipinski definition) is 4. The maximum absolute atomic E-state index is 6.34. The highest BCUT2D eigenvalue weighted by Crippen LogP contribution is 2.28. The van der Waals surface area contributed by atoms with Gasteiger partial charge in [0.2, 0.25) is 0 Å². The molecule has 2 fully saturated rings. The van der Waals surface area contributed by atoms with Gasteiger partial charge in [0.05, 0.1) is 6.10 Å². The van der Waals surface area contributed by atoms with Crippen LogP contribution in [0.1, 0.15) is 49.7 Å². The molecule has 3 rings (SSSR count). The Bertz CT molecular complexity index is 684. The van der Waals surface area contributed by atoms with Gasteiger partial charge in [0.25, 0.3) is 0 Å². The number of guanidine groups is 1. The Morgan fingerprint density at radius 3 is 2.53 bits per heavy atom. The fraction of sp³-hybridized carbons (Fsp3) is 0.696.